The van der Waals surface area contributed by atoms with Gasteiger partial charge in [0.2, 0.25) is 5.91 Å². The summed E-state index contributed by atoms with van der Waals surface area (Å²) in [6.45, 7) is 6.31. The highest BCUT2D eigenvalue weighted by atomic mass is 35.5. The van der Waals surface area contributed by atoms with Gasteiger partial charge in [-0.3, -0.25) is 4.79 Å². The van der Waals surface area contributed by atoms with Crippen LogP contribution in [0.3, 0.4) is 0 Å². The van der Waals surface area contributed by atoms with Crippen molar-refractivity contribution in [3.8, 4) is 0 Å². The molecule has 1 N–H and O–H groups in total. The Morgan fingerprint density at radius 1 is 1.38 bits per heavy atom. The Morgan fingerprint density at radius 2 is 2.08 bits per heavy atom. The Bertz CT molecular complexity index is 650. The molecule has 2 rings (SSSR count). The molecule has 1 aromatic rings. The second kappa shape index (κ2) is 8.34. The maximum Gasteiger partial charge on any atom is 0.336 e. The van der Waals surface area contributed by atoms with Gasteiger partial charge in [0.15, 0.2) is 0 Å². The van der Waals surface area contributed by atoms with Gasteiger partial charge >= 0.3 is 5.97 Å². The number of carbonyl (C=O) groups excluding carboxylic acids is 2. The minimum Gasteiger partial charge on any atom is -0.462 e. The van der Waals surface area contributed by atoms with E-state index in [1.165, 1.54) is 0 Å². The number of benzene rings is 1. The summed E-state index contributed by atoms with van der Waals surface area (Å²) < 4.78 is 5.53. The molecule has 0 unspecified atom stereocenters. The van der Waals surface area contributed by atoms with Gasteiger partial charge in [-0.25, -0.2) is 4.79 Å². The highest BCUT2D eigenvalue weighted by Crippen LogP contribution is 2.34. The van der Waals surface area contributed by atoms with Crippen LogP contribution < -0.4 is 5.32 Å². The first kappa shape index (κ1) is 18.5. The first-order chi connectivity index (χ1) is 11.5. The van der Waals surface area contributed by atoms with Crippen molar-refractivity contribution in [1.29, 1.82) is 0 Å². The number of halogens is 1. The molecule has 1 heterocycles. The summed E-state index contributed by atoms with van der Waals surface area (Å²) in [6, 6.07) is 7.28. The standard InChI is InChI=1S/C19H24ClNO3/c1-4-13(5-2)11-24-19(23)18-12(3)21-17(22)10-16(18)14-7-6-8-15(20)9-14/h6-9,13,16H,4-5,10-11H2,1-3H3,(H,21,22)/t16-/m1/s1. The minimum absolute atomic E-state index is 0.103. The number of ether oxygens (including phenoxy) is 1. The van der Waals surface area contributed by atoms with Gasteiger partial charge in [-0.2, -0.15) is 0 Å². The van der Waals surface area contributed by atoms with Crippen molar-refractivity contribution < 1.29 is 14.3 Å². The number of esters is 1. The molecule has 1 aliphatic heterocycles. The molecule has 0 bridgehead atoms. The van der Waals surface area contributed by atoms with E-state index in [-0.39, 0.29) is 24.2 Å². The number of allylic oxidation sites excluding steroid dienone is 1. The van der Waals surface area contributed by atoms with Crippen LogP contribution in [0.5, 0.6) is 0 Å². The highest BCUT2D eigenvalue weighted by Gasteiger charge is 2.33. The fraction of sp³-hybridized carbons (Fsp3) is 0.474. The van der Waals surface area contributed by atoms with Gasteiger partial charge < -0.3 is 10.1 Å². The summed E-state index contributed by atoms with van der Waals surface area (Å²) in [7, 11) is 0. The fourth-order valence-corrected chi connectivity index (χ4v) is 3.17. The molecular formula is C19H24ClNO3. The largest absolute Gasteiger partial charge is 0.462 e. The molecule has 1 aromatic carbocycles. The molecule has 130 valence electrons. The summed E-state index contributed by atoms with van der Waals surface area (Å²) in [4.78, 5) is 24.6. The van der Waals surface area contributed by atoms with Crippen molar-refractivity contribution in [3.63, 3.8) is 0 Å². The van der Waals surface area contributed by atoms with Crippen LogP contribution >= 0.6 is 11.6 Å². The second-order valence-corrected chi connectivity index (χ2v) is 6.62. The minimum atomic E-state index is -0.357. The fourth-order valence-electron chi connectivity index (χ4n) is 2.98. The van der Waals surface area contributed by atoms with Gasteiger partial charge in [-0.05, 0) is 30.5 Å². The maximum absolute atomic E-state index is 12.7. The number of hydrogen-bond donors (Lipinski definition) is 1. The van der Waals surface area contributed by atoms with Crippen LogP contribution in [0.4, 0.5) is 0 Å². The smallest absolute Gasteiger partial charge is 0.336 e. The van der Waals surface area contributed by atoms with E-state index in [2.05, 4.69) is 19.2 Å². The third kappa shape index (κ3) is 4.38. The average molecular weight is 350 g/mol. The Morgan fingerprint density at radius 3 is 2.71 bits per heavy atom. The van der Waals surface area contributed by atoms with E-state index in [0.717, 1.165) is 18.4 Å². The van der Waals surface area contributed by atoms with Gasteiger partial charge in [-0.1, -0.05) is 50.4 Å². The number of nitrogens with one attached hydrogen (secondary N) is 1. The Hall–Kier alpha value is -1.81. The first-order valence-corrected chi connectivity index (χ1v) is 8.77. The van der Waals surface area contributed by atoms with Crippen molar-refractivity contribution >= 4 is 23.5 Å². The summed E-state index contributed by atoms with van der Waals surface area (Å²) in [6.07, 6.45) is 2.15. The van der Waals surface area contributed by atoms with Crippen LogP contribution in [0.25, 0.3) is 0 Å². The Labute approximate surface area is 148 Å². The molecular weight excluding hydrogens is 326 g/mol. The van der Waals surface area contributed by atoms with Gasteiger partial charge in [0.05, 0.1) is 12.2 Å². The molecule has 4 nitrogen and oxygen atoms in total. The Balaban J connectivity index is 2.27. The first-order valence-electron chi connectivity index (χ1n) is 8.39. The summed E-state index contributed by atoms with van der Waals surface area (Å²) in [5.41, 5.74) is 1.93. The lowest BCUT2D eigenvalue weighted by atomic mass is 9.84. The molecule has 24 heavy (non-hydrogen) atoms. The van der Waals surface area contributed by atoms with Gasteiger partial charge in [0.1, 0.15) is 0 Å². The van der Waals surface area contributed by atoms with E-state index in [0.29, 0.717) is 28.8 Å². The third-order valence-corrected chi connectivity index (χ3v) is 4.78. The van der Waals surface area contributed by atoms with Crippen molar-refractivity contribution in [2.75, 3.05) is 6.61 Å². The van der Waals surface area contributed by atoms with Crippen molar-refractivity contribution in [3.05, 3.63) is 46.1 Å². The zero-order valence-corrected chi connectivity index (χ0v) is 15.2. The van der Waals surface area contributed by atoms with Crippen molar-refractivity contribution in [1.82, 2.24) is 5.32 Å². The van der Waals surface area contributed by atoms with Crippen LogP contribution in [0.1, 0.15) is 51.5 Å². The predicted octanol–water partition coefficient (Wildman–Crippen LogP) is 4.20. The lowest BCUT2D eigenvalue weighted by Gasteiger charge is -2.27. The quantitative estimate of drug-likeness (QED) is 0.783. The van der Waals surface area contributed by atoms with Gasteiger partial charge in [0.25, 0.3) is 0 Å². The molecule has 1 aliphatic rings. The molecule has 0 aromatic heterocycles. The summed E-state index contributed by atoms with van der Waals surface area (Å²) in [5, 5.41) is 3.33. The van der Waals surface area contributed by atoms with Crippen molar-refractivity contribution in [2.45, 2.75) is 46.0 Å². The van der Waals surface area contributed by atoms with Crippen LogP contribution in [0.2, 0.25) is 5.02 Å². The summed E-state index contributed by atoms with van der Waals surface area (Å²) >= 11 is 6.07. The molecule has 1 amide bonds. The highest BCUT2D eigenvalue weighted by molar-refractivity contribution is 6.30. The molecule has 0 saturated heterocycles. The molecule has 0 radical (unpaired) electrons. The number of carbonyl (C=O) groups is 2. The van der Waals surface area contributed by atoms with Gasteiger partial charge in [-0.15, -0.1) is 0 Å². The topological polar surface area (TPSA) is 55.4 Å². The predicted molar refractivity (Wildman–Crippen MR) is 94.7 cm³/mol. The molecule has 1 atom stereocenters. The van der Waals surface area contributed by atoms with E-state index < -0.39 is 0 Å². The van der Waals surface area contributed by atoms with Crippen LogP contribution in [-0.2, 0) is 14.3 Å². The van der Waals surface area contributed by atoms with E-state index >= 15 is 0 Å². The average Bonchev–Trinajstić information content (AvgIpc) is 2.54. The van der Waals surface area contributed by atoms with E-state index in [9.17, 15) is 9.59 Å². The molecule has 5 heteroatoms. The molecule has 0 aliphatic carbocycles. The monoisotopic (exact) mass is 349 g/mol. The van der Waals surface area contributed by atoms with Crippen LogP contribution in [0.15, 0.2) is 35.5 Å². The third-order valence-electron chi connectivity index (χ3n) is 4.54. The van der Waals surface area contributed by atoms with Gasteiger partial charge in [0, 0.05) is 23.1 Å². The van der Waals surface area contributed by atoms with Crippen molar-refractivity contribution in [2.24, 2.45) is 5.92 Å². The number of hydrogen-bond acceptors (Lipinski definition) is 3. The molecule has 0 spiro atoms. The normalized spacial score (nSPS) is 17.9. The van der Waals surface area contributed by atoms with E-state index in [4.69, 9.17) is 16.3 Å². The van der Waals surface area contributed by atoms with Crippen LogP contribution in [0, 0.1) is 5.92 Å². The van der Waals surface area contributed by atoms with Crippen LogP contribution in [-0.4, -0.2) is 18.5 Å². The SMILES string of the molecule is CCC(CC)COC(=O)C1=C(C)NC(=O)C[C@@H]1c1cccc(Cl)c1. The Kier molecular flexibility index (Phi) is 6.44. The lowest BCUT2D eigenvalue weighted by Crippen LogP contribution is -2.34. The number of amides is 1. The molecule has 0 saturated carbocycles. The number of rotatable bonds is 6. The zero-order valence-electron chi connectivity index (χ0n) is 14.4. The van der Waals surface area contributed by atoms with E-state index in [1.54, 1.807) is 19.1 Å². The zero-order chi connectivity index (χ0) is 17.7. The van der Waals surface area contributed by atoms with E-state index in [1.807, 2.05) is 12.1 Å². The molecule has 0 fully saturated rings. The lowest BCUT2D eigenvalue weighted by molar-refractivity contribution is -0.141. The summed E-state index contributed by atoms with van der Waals surface area (Å²) in [5.74, 6) is -0.428. The maximum atomic E-state index is 12.7. The second-order valence-electron chi connectivity index (χ2n) is 6.18.